The first-order valence-electron chi connectivity index (χ1n) is 6.32. The van der Waals surface area contributed by atoms with Crippen LogP contribution in [-0.2, 0) is 4.74 Å². The maximum atomic E-state index is 5.11. The summed E-state index contributed by atoms with van der Waals surface area (Å²) in [5.74, 6) is 0.925. The van der Waals surface area contributed by atoms with Crippen LogP contribution in [0.3, 0.4) is 0 Å². The molecule has 0 amide bonds. The molecule has 1 unspecified atom stereocenters. The summed E-state index contributed by atoms with van der Waals surface area (Å²) in [6.07, 6.45) is 6.51. The minimum atomic E-state index is 0.375. The molecule has 1 saturated carbocycles. The Labute approximate surface area is 94.8 Å². The summed E-state index contributed by atoms with van der Waals surface area (Å²) in [6.45, 7) is 7.87. The number of rotatable bonds is 5. The predicted octanol–water partition coefficient (Wildman–Crippen LogP) is 2.97. The first kappa shape index (κ1) is 13.0. The normalized spacial score (nSPS) is 34.0. The molecule has 0 aromatic rings. The van der Waals surface area contributed by atoms with E-state index < -0.39 is 0 Å². The van der Waals surface area contributed by atoms with Gasteiger partial charge in [-0.25, -0.2) is 0 Å². The van der Waals surface area contributed by atoms with Crippen LogP contribution in [-0.4, -0.2) is 25.3 Å². The number of hydrogen-bond donors (Lipinski definition) is 1. The minimum absolute atomic E-state index is 0.375. The van der Waals surface area contributed by atoms with Crippen molar-refractivity contribution in [3.8, 4) is 0 Å². The molecule has 0 aromatic heterocycles. The summed E-state index contributed by atoms with van der Waals surface area (Å²) in [5.41, 5.74) is 0.375. The van der Waals surface area contributed by atoms with Crippen LogP contribution < -0.4 is 5.32 Å². The standard InChI is InChI=1S/C13H27NO/c1-11-5-8-13(3,9-6-11)14-12(2)7-10-15-4/h11-12,14H,5-10H2,1-4H3. The lowest BCUT2D eigenvalue weighted by Gasteiger charge is -2.39. The third-order valence-electron chi connectivity index (χ3n) is 3.73. The largest absolute Gasteiger partial charge is 0.385 e. The van der Waals surface area contributed by atoms with Gasteiger partial charge in [0.1, 0.15) is 0 Å². The maximum Gasteiger partial charge on any atom is 0.0476 e. The van der Waals surface area contributed by atoms with Crippen molar-refractivity contribution in [1.29, 1.82) is 0 Å². The van der Waals surface area contributed by atoms with E-state index in [1.54, 1.807) is 7.11 Å². The molecule has 1 aliphatic rings. The maximum absolute atomic E-state index is 5.11. The van der Waals surface area contributed by atoms with Gasteiger partial charge in [-0.1, -0.05) is 6.92 Å². The SMILES string of the molecule is COCCC(C)NC1(C)CCC(C)CC1. The highest BCUT2D eigenvalue weighted by molar-refractivity contribution is 4.89. The summed E-state index contributed by atoms with van der Waals surface area (Å²) in [6, 6.07) is 0.573. The molecule has 90 valence electrons. The predicted molar refractivity (Wildman–Crippen MR) is 65.1 cm³/mol. The third kappa shape index (κ3) is 4.52. The van der Waals surface area contributed by atoms with Crippen molar-refractivity contribution in [2.45, 2.75) is 64.5 Å². The zero-order valence-electron chi connectivity index (χ0n) is 10.8. The Morgan fingerprint density at radius 1 is 1.40 bits per heavy atom. The Kier molecular flexibility index (Phi) is 5.07. The van der Waals surface area contributed by atoms with E-state index in [-0.39, 0.29) is 0 Å². The average molecular weight is 213 g/mol. The fourth-order valence-corrected chi connectivity index (χ4v) is 2.51. The molecule has 0 aliphatic heterocycles. The van der Waals surface area contributed by atoms with Crippen LogP contribution in [0.1, 0.15) is 52.9 Å². The number of hydrogen-bond acceptors (Lipinski definition) is 2. The van der Waals surface area contributed by atoms with Crippen LogP contribution in [0.25, 0.3) is 0 Å². The van der Waals surface area contributed by atoms with Crippen molar-refractivity contribution < 1.29 is 4.74 Å². The average Bonchev–Trinajstić information content (AvgIpc) is 2.20. The monoisotopic (exact) mass is 213 g/mol. The smallest absolute Gasteiger partial charge is 0.0476 e. The van der Waals surface area contributed by atoms with E-state index in [9.17, 15) is 0 Å². The molecule has 0 radical (unpaired) electrons. The summed E-state index contributed by atoms with van der Waals surface area (Å²) in [4.78, 5) is 0. The van der Waals surface area contributed by atoms with Gasteiger partial charge in [0.05, 0.1) is 0 Å². The van der Waals surface area contributed by atoms with Crippen LogP contribution in [0.2, 0.25) is 0 Å². The quantitative estimate of drug-likeness (QED) is 0.758. The molecule has 0 spiro atoms. The van der Waals surface area contributed by atoms with Gasteiger partial charge in [-0.15, -0.1) is 0 Å². The first-order valence-corrected chi connectivity index (χ1v) is 6.32. The Hall–Kier alpha value is -0.0800. The van der Waals surface area contributed by atoms with Crippen molar-refractivity contribution in [1.82, 2.24) is 5.32 Å². The van der Waals surface area contributed by atoms with E-state index in [0.29, 0.717) is 11.6 Å². The van der Waals surface area contributed by atoms with Gasteiger partial charge in [-0.3, -0.25) is 0 Å². The zero-order chi connectivity index (χ0) is 11.3. The number of nitrogens with one attached hydrogen (secondary N) is 1. The van der Waals surface area contributed by atoms with Gasteiger partial charge in [0.2, 0.25) is 0 Å². The fourth-order valence-electron chi connectivity index (χ4n) is 2.51. The van der Waals surface area contributed by atoms with E-state index in [1.807, 2.05) is 0 Å². The molecule has 15 heavy (non-hydrogen) atoms. The van der Waals surface area contributed by atoms with Crippen LogP contribution in [0.15, 0.2) is 0 Å². The highest BCUT2D eigenvalue weighted by atomic mass is 16.5. The molecule has 0 saturated heterocycles. The van der Waals surface area contributed by atoms with Crippen LogP contribution in [0.5, 0.6) is 0 Å². The molecule has 1 N–H and O–H groups in total. The molecule has 1 fully saturated rings. The first-order chi connectivity index (χ1) is 7.06. The number of ether oxygens (including phenoxy) is 1. The third-order valence-corrected chi connectivity index (χ3v) is 3.73. The van der Waals surface area contributed by atoms with Crippen molar-refractivity contribution >= 4 is 0 Å². The van der Waals surface area contributed by atoms with E-state index in [1.165, 1.54) is 25.7 Å². The topological polar surface area (TPSA) is 21.3 Å². The Morgan fingerprint density at radius 3 is 2.53 bits per heavy atom. The van der Waals surface area contributed by atoms with Gasteiger partial charge in [0, 0.05) is 25.3 Å². The van der Waals surface area contributed by atoms with E-state index in [4.69, 9.17) is 4.74 Å². The second kappa shape index (κ2) is 5.86. The molecule has 0 heterocycles. The summed E-state index contributed by atoms with van der Waals surface area (Å²) < 4.78 is 5.11. The van der Waals surface area contributed by atoms with E-state index in [2.05, 4.69) is 26.1 Å². The van der Waals surface area contributed by atoms with Crippen molar-refractivity contribution in [3.05, 3.63) is 0 Å². The number of methoxy groups -OCH3 is 1. The van der Waals surface area contributed by atoms with E-state index >= 15 is 0 Å². The molecule has 1 rings (SSSR count). The summed E-state index contributed by atoms with van der Waals surface area (Å²) in [7, 11) is 1.77. The molecule has 2 nitrogen and oxygen atoms in total. The molecule has 0 bridgehead atoms. The zero-order valence-corrected chi connectivity index (χ0v) is 10.8. The molecule has 2 heteroatoms. The molecule has 1 aliphatic carbocycles. The van der Waals surface area contributed by atoms with Crippen molar-refractivity contribution in [3.63, 3.8) is 0 Å². The highest BCUT2D eigenvalue weighted by Gasteiger charge is 2.30. The molecular weight excluding hydrogens is 186 g/mol. The van der Waals surface area contributed by atoms with Crippen LogP contribution >= 0.6 is 0 Å². The summed E-state index contributed by atoms with van der Waals surface area (Å²) in [5, 5.41) is 3.77. The van der Waals surface area contributed by atoms with Gasteiger partial charge in [-0.05, 0) is 51.9 Å². The van der Waals surface area contributed by atoms with Gasteiger partial charge >= 0.3 is 0 Å². The molecule has 1 atom stereocenters. The summed E-state index contributed by atoms with van der Waals surface area (Å²) >= 11 is 0. The molecule has 0 aromatic carbocycles. The van der Waals surface area contributed by atoms with Crippen molar-refractivity contribution in [2.24, 2.45) is 5.92 Å². The minimum Gasteiger partial charge on any atom is -0.385 e. The second-order valence-electron chi connectivity index (χ2n) is 5.57. The van der Waals surface area contributed by atoms with Gasteiger partial charge in [-0.2, -0.15) is 0 Å². The highest BCUT2D eigenvalue weighted by Crippen LogP contribution is 2.31. The lowest BCUT2D eigenvalue weighted by molar-refractivity contribution is 0.158. The van der Waals surface area contributed by atoms with Crippen LogP contribution in [0.4, 0.5) is 0 Å². The fraction of sp³-hybridized carbons (Fsp3) is 1.00. The molecular formula is C13H27NO. The van der Waals surface area contributed by atoms with E-state index in [0.717, 1.165) is 18.9 Å². The van der Waals surface area contributed by atoms with Crippen molar-refractivity contribution in [2.75, 3.05) is 13.7 Å². The lowest BCUT2D eigenvalue weighted by Crippen LogP contribution is -2.49. The van der Waals surface area contributed by atoms with Gasteiger partial charge in [0.25, 0.3) is 0 Å². The van der Waals surface area contributed by atoms with Gasteiger partial charge < -0.3 is 10.1 Å². The second-order valence-corrected chi connectivity index (χ2v) is 5.57. The van der Waals surface area contributed by atoms with Gasteiger partial charge in [0.15, 0.2) is 0 Å². The van der Waals surface area contributed by atoms with Crippen LogP contribution in [0, 0.1) is 5.92 Å². The Bertz CT molecular complexity index is 173. The lowest BCUT2D eigenvalue weighted by atomic mass is 9.78. The Balaban J connectivity index is 2.29. The Morgan fingerprint density at radius 2 is 2.00 bits per heavy atom.